The van der Waals surface area contributed by atoms with Gasteiger partial charge in [0, 0.05) is 18.1 Å². The van der Waals surface area contributed by atoms with Gasteiger partial charge in [-0.25, -0.2) is 0 Å². The van der Waals surface area contributed by atoms with E-state index in [-0.39, 0.29) is 12.0 Å². The maximum absolute atomic E-state index is 10.7. The van der Waals surface area contributed by atoms with Crippen molar-refractivity contribution < 1.29 is 9.90 Å². The van der Waals surface area contributed by atoms with Crippen LogP contribution in [-0.4, -0.2) is 34.1 Å². The van der Waals surface area contributed by atoms with Crippen LogP contribution in [0.2, 0.25) is 0 Å². The predicted molar refractivity (Wildman–Crippen MR) is 70.1 cm³/mol. The van der Waals surface area contributed by atoms with Crippen LogP contribution in [-0.2, 0) is 4.79 Å². The number of carbonyl (C=O) groups is 1. The first-order valence-electron chi connectivity index (χ1n) is 6.60. The first-order valence-corrected chi connectivity index (χ1v) is 6.60. The Hall–Kier alpha value is -0.570. The molecule has 1 unspecified atom stereocenters. The summed E-state index contributed by atoms with van der Waals surface area (Å²) in [4.78, 5) is 13.1. The molecule has 0 aromatic carbocycles. The van der Waals surface area contributed by atoms with Gasteiger partial charge in [-0.2, -0.15) is 0 Å². The van der Waals surface area contributed by atoms with Crippen molar-refractivity contribution in [3.8, 4) is 0 Å². The molecule has 0 aromatic heterocycles. The molecule has 17 heavy (non-hydrogen) atoms. The zero-order valence-electron chi connectivity index (χ0n) is 11.9. The fourth-order valence-electron chi connectivity index (χ4n) is 2.95. The van der Waals surface area contributed by atoms with Crippen LogP contribution in [0.15, 0.2) is 0 Å². The standard InChI is InChI=1S/C14H27NO2/c1-13(2,3)15(9-7-12(16)17)11-6-8-14(4,5)10-11/h11H,6-10H2,1-5H3,(H,16,17). The number of hydrogen-bond acceptors (Lipinski definition) is 2. The Morgan fingerprint density at radius 2 is 2.00 bits per heavy atom. The average molecular weight is 241 g/mol. The molecular formula is C14H27NO2. The summed E-state index contributed by atoms with van der Waals surface area (Å²) >= 11 is 0. The van der Waals surface area contributed by atoms with E-state index < -0.39 is 5.97 Å². The van der Waals surface area contributed by atoms with Gasteiger partial charge in [-0.05, 0) is 45.4 Å². The Morgan fingerprint density at radius 1 is 1.41 bits per heavy atom. The van der Waals surface area contributed by atoms with Crippen LogP contribution in [0, 0.1) is 5.41 Å². The monoisotopic (exact) mass is 241 g/mol. The van der Waals surface area contributed by atoms with Gasteiger partial charge in [0.05, 0.1) is 6.42 Å². The van der Waals surface area contributed by atoms with Crippen molar-refractivity contribution in [3.63, 3.8) is 0 Å². The Balaban J connectivity index is 2.68. The van der Waals surface area contributed by atoms with Crippen molar-refractivity contribution in [2.45, 2.75) is 71.9 Å². The molecule has 0 aliphatic heterocycles. The summed E-state index contributed by atoms with van der Waals surface area (Å²) in [6.45, 7) is 11.8. The molecule has 0 heterocycles. The highest BCUT2D eigenvalue weighted by Crippen LogP contribution is 2.41. The molecule has 0 spiro atoms. The zero-order valence-corrected chi connectivity index (χ0v) is 11.9. The number of nitrogens with zero attached hydrogens (tertiary/aromatic N) is 1. The van der Waals surface area contributed by atoms with Crippen LogP contribution < -0.4 is 0 Å². The average Bonchev–Trinajstić information content (AvgIpc) is 2.43. The van der Waals surface area contributed by atoms with Crippen molar-refractivity contribution in [2.24, 2.45) is 5.41 Å². The fraction of sp³-hybridized carbons (Fsp3) is 0.929. The number of hydrogen-bond donors (Lipinski definition) is 1. The van der Waals surface area contributed by atoms with Crippen LogP contribution in [0.5, 0.6) is 0 Å². The zero-order chi connectivity index (χ0) is 13.3. The Morgan fingerprint density at radius 3 is 2.35 bits per heavy atom. The summed E-state index contributed by atoms with van der Waals surface area (Å²) < 4.78 is 0. The van der Waals surface area contributed by atoms with E-state index in [1.165, 1.54) is 19.3 Å². The van der Waals surface area contributed by atoms with Crippen LogP contribution in [0.1, 0.15) is 60.3 Å². The van der Waals surface area contributed by atoms with Gasteiger partial charge in [0.2, 0.25) is 0 Å². The fourth-order valence-corrected chi connectivity index (χ4v) is 2.95. The molecule has 1 atom stereocenters. The van der Waals surface area contributed by atoms with Crippen LogP contribution in [0.4, 0.5) is 0 Å². The molecule has 0 aromatic rings. The lowest BCUT2D eigenvalue weighted by molar-refractivity contribution is -0.137. The van der Waals surface area contributed by atoms with Gasteiger partial charge in [-0.15, -0.1) is 0 Å². The minimum absolute atomic E-state index is 0.0561. The smallest absolute Gasteiger partial charge is 0.304 e. The third kappa shape index (κ3) is 4.30. The van der Waals surface area contributed by atoms with Crippen LogP contribution in [0.25, 0.3) is 0 Å². The summed E-state index contributed by atoms with van der Waals surface area (Å²) in [5.41, 5.74) is 0.470. The number of carboxylic acid groups (broad SMARTS) is 1. The molecule has 0 saturated heterocycles. The second-order valence-electron chi connectivity index (χ2n) is 7.07. The van der Waals surface area contributed by atoms with E-state index in [1.807, 2.05) is 0 Å². The van der Waals surface area contributed by atoms with Gasteiger partial charge >= 0.3 is 5.97 Å². The predicted octanol–water partition coefficient (Wildman–Crippen LogP) is 3.14. The first-order chi connectivity index (χ1) is 7.62. The summed E-state index contributed by atoms with van der Waals surface area (Å²) in [7, 11) is 0. The van der Waals surface area contributed by atoms with Crippen molar-refractivity contribution in [1.82, 2.24) is 4.90 Å². The maximum atomic E-state index is 10.7. The molecule has 3 heteroatoms. The number of rotatable bonds is 4. The van der Waals surface area contributed by atoms with Crippen LogP contribution >= 0.6 is 0 Å². The molecule has 0 radical (unpaired) electrons. The third-order valence-electron chi connectivity index (χ3n) is 3.81. The molecule has 1 rings (SSSR count). The van der Waals surface area contributed by atoms with E-state index in [4.69, 9.17) is 5.11 Å². The second kappa shape index (κ2) is 4.97. The molecule has 1 saturated carbocycles. The quantitative estimate of drug-likeness (QED) is 0.822. The maximum Gasteiger partial charge on any atom is 0.304 e. The summed E-state index contributed by atoms with van der Waals surface area (Å²) in [6.07, 6.45) is 3.87. The molecule has 0 amide bonds. The van der Waals surface area contributed by atoms with Gasteiger partial charge in [-0.3, -0.25) is 9.69 Å². The van der Waals surface area contributed by atoms with Gasteiger partial charge < -0.3 is 5.11 Å². The summed E-state index contributed by atoms with van der Waals surface area (Å²) in [6, 6.07) is 0.546. The molecule has 1 fully saturated rings. The number of carboxylic acids is 1. The Labute approximate surface area is 105 Å². The van der Waals surface area contributed by atoms with E-state index >= 15 is 0 Å². The highest BCUT2D eigenvalue weighted by Gasteiger charge is 2.38. The largest absolute Gasteiger partial charge is 0.481 e. The van der Waals surface area contributed by atoms with Crippen molar-refractivity contribution in [2.75, 3.05) is 6.54 Å². The van der Waals surface area contributed by atoms with E-state index in [9.17, 15) is 4.79 Å². The lowest BCUT2D eigenvalue weighted by Crippen LogP contribution is -2.48. The van der Waals surface area contributed by atoms with Gasteiger partial charge in [0.1, 0.15) is 0 Å². The van der Waals surface area contributed by atoms with Crippen molar-refractivity contribution >= 4 is 5.97 Å². The minimum atomic E-state index is -0.698. The molecule has 3 nitrogen and oxygen atoms in total. The van der Waals surface area contributed by atoms with Gasteiger partial charge in [-0.1, -0.05) is 13.8 Å². The SMILES string of the molecule is CC1(C)CCC(N(CCC(=O)O)C(C)(C)C)C1. The van der Waals surface area contributed by atoms with E-state index in [0.29, 0.717) is 18.0 Å². The Bertz CT molecular complexity index is 278. The second-order valence-corrected chi connectivity index (χ2v) is 7.07. The molecule has 1 N–H and O–H groups in total. The summed E-state index contributed by atoms with van der Waals surface area (Å²) in [5, 5.41) is 8.85. The lowest BCUT2D eigenvalue weighted by Gasteiger charge is -2.40. The van der Waals surface area contributed by atoms with Crippen LogP contribution in [0.3, 0.4) is 0 Å². The number of aliphatic carboxylic acids is 1. The molecule has 100 valence electrons. The highest BCUT2D eigenvalue weighted by atomic mass is 16.4. The van der Waals surface area contributed by atoms with E-state index in [1.54, 1.807) is 0 Å². The van der Waals surface area contributed by atoms with Crippen molar-refractivity contribution in [3.05, 3.63) is 0 Å². The molecule has 1 aliphatic carbocycles. The van der Waals surface area contributed by atoms with E-state index in [0.717, 1.165) is 0 Å². The highest BCUT2D eigenvalue weighted by molar-refractivity contribution is 5.66. The van der Waals surface area contributed by atoms with Gasteiger partial charge in [0.15, 0.2) is 0 Å². The summed E-state index contributed by atoms with van der Waals surface area (Å²) in [5.74, 6) is -0.698. The first kappa shape index (κ1) is 14.5. The van der Waals surface area contributed by atoms with E-state index in [2.05, 4.69) is 39.5 Å². The van der Waals surface area contributed by atoms with Gasteiger partial charge in [0.25, 0.3) is 0 Å². The molecule has 1 aliphatic rings. The molecule has 0 bridgehead atoms. The normalized spacial score (nSPS) is 24.2. The lowest BCUT2D eigenvalue weighted by atomic mass is 9.91. The molecular weight excluding hydrogens is 214 g/mol. The minimum Gasteiger partial charge on any atom is -0.481 e. The topological polar surface area (TPSA) is 40.5 Å². The third-order valence-corrected chi connectivity index (χ3v) is 3.81. The van der Waals surface area contributed by atoms with Crippen molar-refractivity contribution in [1.29, 1.82) is 0 Å². The Kier molecular flexibility index (Phi) is 4.23.